The molecule has 0 amide bonds. The molecule has 0 fully saturated rings. The van der Waals surface area contributed by atoms with E-state index in [0.29, 0.717) is 22.6 Å². The van der Waals surface area contributed by atoms with Gasteiger partial charge in [-0.05, 0) is 36.4 Å². The van der Waals surface area contributed by atoms with Gasteiger partial charge in [0.15, 0.2) is 11.5 Å². The number of methoxy groups -OCH3 is 1. The molecule has 0 atom stereocenters. The van der Waals surface area contributed by atoms with Crippen molar-refractivity contribution in [1.29, 1.82) is 0 Å². The van der Waals surface area contributed by atoms with Gasteiger partial charge in [0.05, 0.1) is 12.8 Å². The topological polar surface area (TPSA) is 56.5 Å². The summed E-state index contributed by atoms with van der Waals surface area (Å²) in [7, 11) is 1.32. The van der Waals surface area contributed by atoms with E-state index in [1.165, 1.54) is 19.2 Å². The van der Waals surface area contributed by atoms with Crippen LogP contribution < -0.4 is 0 Å². The molecule has 0 aliphatic heterocycles. The van der Waals surface area contributed by atoms with Crippen LogP contribution in [-0.4, -0.2) is 27.7 Å². The van der Waals surface area contributed by atoms with E-state index >= 15 is 0 Å². The molecule has 0 N–H and O–H groups in total. The Morgan fingerprint density at radius 2 is 1.69 bits per heavy atom. The normalized spacial score (nSPS) is 10.8. The first-order chi connectivity index (χ1) is 12.7. The quantitative estimate of drug-likeness (QED) is 0.526. The standard InChI is InChI=1S/C20H14FN3O2/c1-26-20(25)16-11-12-17(13-5-3-2-4-6-13)24-19(16)22-18(23-24)14-7-9-15(21)10-8-14/h2-12H,1H3. The second-order valence-corrected chi connectivity index (χ2v) is 5.67. The minimum absolute atomic E-state index is 0.313. The number of pyridine rings is 1. The molecular formula is C20H14FN3O2. The number of aromatic nitrogens is 3. The van der Waals surface area contributed by atoms with Gasteiger partial charge in [-0.2, -0.15) is 0 Å². The van der Waals surface area contributed by atoms with Gasteiger partial charge in [-0.15, -0.1) is 5.10 Å². The lowest BCUT2D eigenvalue weighted by Gasteiger charge is -2.07. The monoisotopic (exact) mass is 347 g/mol. The maximum absolute atomic E-state index is 13.2. The van der Waals surface area contributed by atoms with Crippen molar-refractivity contribution in [3.05, 3.63) is 78.1 Å². The van der Waals surface area contributed by atoms with Crippen molar-refractivity contribution in [2.24, 2.45) is 0 Å². The van der Waals surface area contributed by atoms with E-state index in [9.17, 15) is 9.18 Å². The van der Waals surface area contributed by atoms with Crippen LogP contribution in [0.3, 0.4) is 0 Å². The summed E-state index contributed by atoms with van der Waals surface area (Å²) in [5, 5.41) is 4.54. The Bertz CT molecular complexity index is 1090. The molecule has 0 saturated carbocycles. The molecule has 4 aromatic rings. The van der Waals surface area contributed by atoms with Crippen molar-refractivity contribution in [3.63, 3.8) is 0 Å². The third-order valence-electron chi connectivity index (χ3n) is 4.06. The highest BCUT2D eigenvalue weighted by Crippen LogP contribution is 2.25. The first kappa shape index (κ1) is 16.0. The summed E-state index contributed by atoms with van der Waals surface area (Å²) in [5.74, 6) is -0.427. The van der Waals surface area contributed by atoms with Crippen LogP contribution in [0.5, 0.6) is 0 Å². The molecular weight excluding hydrogens is 333 g/mol. The predicted octanol–water partition coefficient (Wildman–Crippen LogP) is 3.99. The van der Waals surface area contributed by atoms with Crippen LogP contribution in [0.2, 0.25) is 0 Å². The molecule has 5 nitrogen and oxygen atoms in total. The van der Waals surface area contributed by atoms with Crippen molar-refractivity contribution in [2.75, 3.05) is 7.11 Å². The molecule has 26 heavy (non-hydrogen) atoms. The summed E-state index contributed by atoms with van der Waals surface area (Å²) >= 11 is 0. The summed E-state index contributed by atoms with van der Waals surface area (Å²) in [6, 6.07) is 19.0. The van der Waals surface area contributed by atoms with E-state index in [0.717, 1.165) is 11.3 Å². The number of fused-ring (bicyclic) bond motifs is 1. The summed E-state index contributed by atoms with van der Waals surface area (Å²) in [6.07, 6.45) is 0. The zero-order chi connectivity index (χ0) is 18.1. The lowest BCUT2D eigenvalue weighted by molar-refractivity contribution is 0.0602. The Morgan fingerprint density at radius 3 is 2.38 bits per heavy atom. The predicted molar refractivity (Wildman–Crippen MR) is 95.2 cm³/mol. The average molecular weight is 347 g/mol. The number of benzene rings is 2. The van der Waals surface area contributed by atoms with Crippen LogP contribution in [0.25, 0.3) is 28.3 Å². The van der Waals surface area contributed by atoms with Crippen LogP contribution >= 0.6 is 0 Å². The minimum atomic E-state index is -0.493. The minimum Gasteiger partial charge on any atom is -0.465 e. The summed E-state index contributed by atoms with van der Waals surface area (Å²) in [6.45, 7) is 0. The molecule has 0 unspecified atom stereocenters. The first-order valence-electron chi connectivity index (χ1n) is 7.97. The van der Waals surface area contributed by atoms with E-state index in [2.05, 4.69) is 10.1 Å². The fourth-order valence-corrected chi connectivity index (χ4v) is 2.78. The Kier molecular flexibility index (Phi) is 3.93. The van der Waals surface area contributed by atoms with Gasteiger partial charge >= 0.3 is 5.97 Å². The third kappa shape index (κ3) is 2.71. The van der Waals surface area contributed by atoms with Crippen LogP contribution in [0, 0.1) is 5.82 Å². The smallest absolute Gasteiger partial charge is 0.341 e. The molecule has 0 saturated heterocycles. The molecule has 0 radical (unpaired) electrons. The molecule has 6 heteroatoms. The molecule has 2 aromatic heterocycles. The number of hydrogen-bond acceptors (Lipinski definition) is 4. The Morgan fingerprint density at radius 1 is 0.962 bits per heavy atom. The zero-order valence-electron chi connectivity index (χ0n) is 13.9. The van der Waals surface area contributed by atoms with Crippen LogP contribution in [0.1, 0.15) is 10.4 Å². The number of rotatable bonds is 3. The first-order valence-corrected chi connectivity index (χ1v) is 7.97. The molecule has 0 aliphatic carbocycles. The summed E-state index contributed by atoms with van der Waals surface area (Å²) in [5.41, 5.74) is 3.08. The van der Waals surface area contributed by atoms with Crippen LogP contribution in [0.4, 0.5) is 4.39 Å². The third-order valence-corrected chi connectivity index (χ3v) is 4.06. The van der Waals surface area contributed by atoms with E-state index in [-0.39, 0.29) is 5.82 Å². The van der Waals surface area contributed by atoms with Gasteiger partial charge in [-0.3, -0.25) is 0 Å². The van der Waals surface area contributed by atoms with Gasteiger partial charge in [0, 0.05) is 11.1 Å². The number of halogens is 1. The fourth-order valence-electron chi connectivity index (χ4n) is 2.78. The molecule has 2 heterocycles. The highest BCUT2D eigenvalue weighted by atomic mass is 19.1. The largest absolute Gasteiger partial charge is 0.465 e. The second kappa shape index (κ2) is 6.40. The number of hydrogen-bond donors (Lipinski definition) is 0. The van der Waals surface area contributed by atoms with E-state index in [4.69, 9.17) is 4.74 Å². The van der Waals surface area contributed by atoms with Crippen LogP contribution in [-0.2, 0) is 4.74 Å². The van der Waals surface area contributed by atoms with Gasteiger partial charge in [0.1, 0.15) is 11.4 Å². The molecule has 128 valence electrons. The van der Waals surface area contributed by atoms with E-state index in [1.54, 1.807) is 28.8 Å². The van der Waals surface area contributed by atoms with Crippen molar-refractivity contribution in [1.82, 2.24) is 14.6 Å². The summed E-state index contributed by atoms with van der Waals surface area (Å²) < 4.78 is 19.7. The molecule has 0 bridgehead atoms. The highest BCUT2D eigenvalue weighted by molar-refractivity contribution is 5.96. The number of esters is 1. The zero-order valence-corrected chi connectivity index (χ0v) is 13.9. The summed E-state index contributed by atoms with van der Waals surface area (Å²) in [4.78, 5) is 16.6. The van der Waals surface area contributed by atoms with Crippen LogP contribution in [0.15, 0.2) is 66.7 Å². The van der Waals surface area contributed by atoms with Gasteiger partial charge in [-0.25, -0.2) is 18.7 Å². The number of carbonyl (C=O) groups is 1. The molecule has 0 spiro atoms. The van der Waals surface area contributed by atoms with Crippen molar-refractivity contribution in [2.45, 2.75) is 0 Å². The number of nitrogens with zero attached hydrogens (tertiary/aromatic N) is 3. The molecule has 0 aliphatic rings. The molecule has 4 rings (SSSR count). The van der Waals surface area contributed by atoms with Gasteiger partial charge in [0.2, 0.25) is 0 Å². The lowest BCUT2D eigenvalue weighted by atomic mass is 10.1. The van der Waals surface area contributed by atoms with Crippen molar-refractivity contribution in [3.8, 4) is 22.6 Å². The van der Waals surface area contributed by atoms with Gasteiger partial charge in [-0.1, -0.05) is 30.3 Å². The number of ether oxygens (including phenoxy) is 1. The van der Waals surface area contributed by atoms with Crippen molar-refractivity contribution >= 4 is 11.6 Å². The molecule has 2 aromatic carbocycles. The van der Waals surface area contributed by atoms with Gasteiger partial charge in [0.25, 0.3) is 0 Å². The van der Waals surface area contributed by atoms with E-state index < -0.39 is 5.97 Å². The Labute approximate surface area is 148 Å². The number of carbonyl (C=O) groups excluding carboxylic acids is 1. The maximum atomic E-state index is 13.2. The SMILES string of the molecule is COC(=O)c1ccc(-c2ccccc2)n2nc(-c3ccc(F)cc3)nc12. The maximum Gasteiger partial charge on any atom is 0.341 e. The Balaban J connectivity index is 1.97. The van der Waals surface area contributed by atoms with E-state index in [1.807, 2.05) is 30.3 Å². The Hall–Kier alpha value is -3.54. The highest BCUT2D eigenvalue weighted by Gasteiger charge is 2.18. The second-order valence-electron chi connectivity index (χ2n) is 5.67. The fraction of sp³-hybridized carbons (Fsp3) is 0.0500. The van der Waals surface area contributed by atoms with Crippen molar-refractivity contribution < 1.29 is 13.9 Å². The lowest BCUT2D eigenvalue weighted by Crippen LogP contribution is -2.06. The van der Waals surface area contributed by atoms with Gasteiger partial charge < -0.3 is 4.74 Å². The average Bonchev–Trinajstić information content (AvgIpc) is 3.13.